The molecule has 0 aromatic heterocycles. The highest BCUT2D eigenvalue weighted by molar-refractivity contribution is 5.85. The summed E-state index contributed by atoms with van der Waals surface area (Å²) in [6, 6.07) is 0.405. The zero-order valence-corrected chi connectivity index (χ0v) is 11.8. The molecule has 2 aliphatic rings. The summed E-state index contributed by atoms with van der Waals surface area (Å²) in [5.74, 6) is -1.50. The van der Waals surface area contributed by atoms with Crippen molar-refractivity contribution in [3.63, 3.8) is 0 Å². The molecule has 1 saturated heterocycles. The van der Waals surface area contributed by atoms with Crippen LogP contribution in [0.25, 0.3) is 0 Å². The van der Waals surface area contributed by atoms with E-state index >= 15 is 0 Å². The number of carbonyl (C=O) groups excluding carboxylic acids is 1. The number of hydrogen-bond donors (Lipinski definition) is 1. The van der Waals surface area contributed by atoms with E-state index in [9.17, 15) is 14.7 Å². The molecule has 0 aromatic carbocycles. The fourth-order valence-electron chi connectivity index (χ4n) is 3.37. The van der Waals surface area contributed by atoms with Gasteiger partial charge in [0.25, 0.3) is 0 Å². The minimum absolute atomic E-state index is 0.0662. The van der Waals surface area contributed by atoms with Crippen LogP contribution in [0.2, 0.25) is 0 Å². The molecule has 0 aromatic rings. The van der Waals surface area contributed by atoms with Crippen LogP contribution in [-0.4, -0.2) is 59.5 Å². The number of carbonyl (C=O) groups is 2. The van der Waals surface area contributed by atoms with Gasteiger partial charge >= 0.3 is 5.97 Å². The molecule has 2 fully saturated rings. The van der Waals surface area contributed by atoms with E-state index in [1.807, 2.05) is 4.90 Å². The van der Waals surface area contributed by atoms with E-state index in [-0.39, 0.29) is 11.8 Å². The Hall–Kier alpha value is -1.10. The fraction of sp³-hybridized carbons (Fsp3) is 0.857. The Bertz CT molecular complexity index is 359. The van der Waals surface area contributed by atoms with Crippen LogP contribution in [-0.2, 0) is 9.59 Å². The van der Waals surface area contributed by atoms with Crippen molar-refractivity contribution in [1.82, 2.24) is 9.80 Å². The Kier molecular flexibility index (Phi) is 4.45. The summed E-state index contributed by atoms with van der Waals surface area (Å²) in [4.78, 5) is 27.9. The van der Waals surface area contributed by atoms with Gasteiger partial charge in [-0.3, -0.25) is 14.5 Å². The van der Waals surface area contributed by atoms with E-state index < -0.39 is 11.9 Å². The number of nitrogens with zero attached hydrogens (tertiary/aromatic N) is 2. The van der Waals surface area contributed by atoms with E-state index in [1.165, 1.54) is 0 Å². The van der Waals surface area contributed by atoms with Crippen LogP contribution >= 0.6 is 0 Å². The van der Waals surface area contributed by atoms with Crippen LogP contribution in [0.4, 0.5) is 0 Å². The first-order chi connectivity index (χ1) is 9.04. The van der Waals surface area contributed by atoms with Gasteiger partial charge in [-0.25, -0.2) is 0 Å². The average Bonchev–Trinajstić information content (AvgIpc) is 2.87. The summed E-state index contributed by atoms with van der Waals surface area (Å²) in [6.45, 7) is 4.49. The Labute approximate surface area is 114 Å². The van der Waals surface area contributed by atoms with Crippen molar-refractivity contribution in [2.75, 3.05) is 26.7 Å². The Morgan fingerprint density at radius 3 is 2.53 bits per heavy atom. The van der Waals surface area contributed by atoms with E-state index in [0.717, 1.165) is 38.9 Å². The summed E-state index contributed by atoms with van der Waals surface area (Å²) >= 11 is 0. The first-order valence-corrected chi connectivity index (χ1v) is 7.26. The second-order valence-electron chi connectivity index (χ2n) is 5.81. The molecule has 19 heavy (non-hydrogen) atoms. The lowest BCUT2D eigenvalue weighted by atomic mass is 9.94. The fourth-order valence-corrected chi connectivity index (χ4v) is 3.37. The smallest absolute Gasteiger partial charge is 0.307 e. The maximum Gasteiger partial charge on any atom is 0.307 e. The van der Waals surface area contributed by atoms with Gasteiger partial charge in [0.05, 0.1) is 11.8 Å². The number of aliphatic carboxylic acids is 1. The molecular formula is C14H24N2O3. The van der Waals surface area contributed by atoms with E-state index in [4.69, 9.17) is 0 Å². The highest BCUT2D eigenvalue weighted by atomic mass is 16.4. The molecule has 0 radical (unpaired) electrons. The van der Waals surface area contributed by atoms with Crippen molar-refractivity contribution in [2.24, 2.45) is 11.8 Å². The minimum Gasteiger partial charge on any atom is -0.481 e. The van der Waals surface area contributed by atoms with E-state index in [1.54, 1.807) is 0 Å². The summed E-state index contributed by atoms with van der Waals surface area (Å²) < 4.78 is 0. The van der Waals surface area contributed by atoms with Crippen LogP contribution in [0.1, 0.15) is 32.6 Å². The molecule has 1 N–H and O–H groups in total. The molecule has 108 valence electrons. The molecule has 1 heterocycles. The monoisotopic (exact) mass is 268 g/mol. The maximum atomic E-state index is 12.5. The van der Waals surface area contributed by atoms with Gasteiger partial charge < -0.3 is 10.0 Å². The van der Waals surface area contributed by atoms with Crippen molar-refractivity contribution < 1.29 is 14.7 Å². The molecule has 3 atom stereocenters. The molecule has 5 nitrogen and oxygen atoms in total. The van der Waals surface area contributed by atoms with Crippen molar-refractivity contribution in [1.29, 1.82) is 0 Å². The largest absolute Gasteiger partial charge is 0.481 e. The lowest BCUT2D eigenvalue weighted by Crippen LogP contribution is -2.54. The van der Waals surface area contributed by atoms with Gasteiger partial charge in [0.15, 0.2) is 0 Å². The number of carboxylic acid groups (broad SMARTS) is 1. The van der Waals surface area contributed by atoms with Crippen LogP contribution in [0.3, 0.4) is 0 Å². The third-order valence-electron chi connectivity index (χ3n) is 4.71. The average molecular weight is 268 g/mol. The quantitative estimate of drug-likeness (QED) is 0.831. The van der Waals surface area contributed by atoms with Gasteiger partial charge in [0.1, 0.15) is 0 Å². The predicted octanol–water partition coefficient (Wildman–Crippen LogP) is 1.04. The Morgan fingerprint density at radius 2 is 1.89 bits per heavy atom. The van der Waals surface area contributed by atoms with Crippen LogP contribution in [0.5, 0.6) is 0 Å². The maximum absolute atomic E-state index is 12.5. The van der Waals surface area contributed by atoms with E-state index in [2.05, 4.69) is 18.9 Å². The predicted molar refractivity (Wildman–Crippen MR) is 71.8 cm³/mol. The van der Waals surface area contributed by atoms with Gasteiger partial charge in [-0.15, -0.1) is 0 Å². The second kappa shape index (κ2) is 5.90. The molecule has 0 bridgehead atoms. The summed E-state index contributed by atoms with van der Waals surface area (Å²) in [5.41, 5.74) is 0. The number of piperazine rings is 1. The Morgan fingerprint density at radius 1 is 1.21 bits per heavy atom. The van der Waals surface area contributed by atoms with Crippen molar-refractivity contribution in [3.8, 4) is 0 Å². The molecule has 2 rings (SSSR count). The first-order valence-electron chi connectivity index (χ1n) is 7.26. The molecule has 1 amide bonds. The SMILES string of the molecule is CCC1CN(C(=O)C2CCCC2C(=O)O)CCN1C. The van der Waals surface area contributed by atoms with E-state index in [0.29, 0.717) is 12.5 Å². The van der Waals surface area contributed by atoms with Crippen LogP contribution < -0.4 is 0 Å². The summed E-state index contributed by atoms with van der Waals surface area (Å²) in [6.07, 6.45) is 3.27. The molecule has 3 unspecified atom stereocenters. The third-order valence-corrected chi connectivity index (χ3v) is 4.71. The van der Waals surface area contributed by atoms with Crippen molar-refractivity contribution >= 4 is 11.9 Å². The molecule has 1 aliphatic carbocycles. The molecule has 1 saturated carbocycles. The van der Waals surface area contributed by atoms with Crippen molar-refractivity contribution in [2.45, 2.75) is 38.6 Å². The zero-order chi connectivity index (χ0) is 14.0. The van der Waals surface area contributed by atoms with Crippen LogP contribution in [0, 0.1) is 11.8 Å². The van der Waals surface area contributed by atoms with Crippen molar-refractivity contribution in [3.05, 3.63) is 0 Å². The number of rotatable bonds is 3. The third kappa shape index (κ3) is 2.91. The number of carboxylic acids is 1. The number of amides is 1. The van der Waals surface area contributed by atoms with Crippen LogP contribution in [0.15, 0.2) is 0 Å². The number of hydrogen-bond acceptors (Lipinski definition) is 3. The van der Waals surface area contributed by atoms with Gasteiger partial charge in [-0.1, -0.05) is 13.3 Å². The second-order valence-corrected chi connectivity index (χ2v) is 5.81. The van der Waals surface area contributed by atoms with Gasteiger partial charge in [0, 0.05) is 25.7 Å². The molecule has 1 aliphatic heterocycles. The highest BCUT2D eigenvalue weighted by Gasteiger charge is 2.40. The molecule has 5 heteroatoms. The first kappa shape index (κ1) is 14.3. The normalized spacial score (nSPS) is 32.5. The highest BCUT2D eigenvalue weighted by Crippen LogP contribution is 2.33. The lowest BCUT2D eigenvalue weighted by Gasteiger charge is -2.40. The lowest BCUT2D eigenvalue weighted by molar-refractivity contribution is -0.150. The van der Waals surface area contributed by atoms with Gasteiger partial charge in [-0.2, -0.15) is 0 Å². The minimum atomic E-state index is -0.808. The zero-order valence-electron chi connectivity index (χ0n) is 11.8. The molecule has 0 spiro atoms. The van der Waals surface area contributed by atoms with Gasteiger partial charge in [0.2, 0.25) is 5.91 Å². The summed E-state index contributed by atoms with van der Waals surface area (Å²) in [7, 11) is 2.09. The van der Waals surface area contributed by atoms with Gasteiger partial charge in [-0.05, 0) is 26.3 Å². The molecular weight excluding hydrogens is 244 g/mol. The summed E-state index contributed by atoms with van der Waals surface area (Å²) in [5, 5.41) is 9.19. The topological polar surface area (TPSA) is 60.9 Å². The standard InChI is InChI=1S/C14H24N2O3/c1-3-10-9-16(8-7-15(10)2)13(17)11-5-4-6-12(11)14(18)19/h10-12H,3-9H2,1-2H3,(H,18,19). The Balaban J connectivity index is 2.01. The number of likely N-dealkylation sites (N-methyl/N-ethyl adjacent to an activating group) is 1.